The number of aryl methyl sites for hydroxylation is 1. The van der Waals surface area contributed by atoms with Gasteiger partial charge in [0.25, 0.3) is 0 Å². The molecular weight excluding hydrogens is 322 g/mol. The highest BCUT2D eigenvalue weighted by Gasteiger charge is 2.05. The molecule has 0 aliphatic rings. The van der Waals surface area contributed by atoms with Crippen LogP contribution in [0, 0.1) is 6.92 Å². The number of halogens is 1. The highest BCUT2D eigenvalue weighted by Crippen LogP contribution is 2.27. The molecule has 0 radical (unpaired) electrons. The predicted octanol–water partition coefficient (Wildman–Crippen LogP) is 5.04. The second-order valence-electron chi connectivity index (χ2n) is 5.34. The molecule has 0 aliphatic carbocycles. The van der Waals surface area contributed by atoms with Gasteiger partial charge in [-0.2, -0.15) is 5.10 Å². The molecule has 0 aliphatic heterocycles. The molecule has 3 aromatic rings. The number of hydrogen-bond acceptors (Lipinski definition) is 4. The number of nitrogens with one attached hydrogen (secondary N) is 1. The SMILES string of the molecule is CCOc1ccc2nc(C)cc(NN=Cc3ccc(Cl)cc3)c2c1. The molecule has 0 saturated heterocycles. The van der Waals surface area contributed by atoms with E-state index in [4.69, 9.17) is 16.3 Å². The smallest absolute Gasteiger partial charge is 0.120 e. The maximum Gasteiger partial charge on any atom is 0.120 e. The van der Waals surface area contributed by atoms with E-state index in [9.17, 15) is 0 Å². The van der Waals surface area contributed by atoms with E-state index in [-0.39, 0.29) is 0 Å². The summed E-state index contributed by atoms with van der Waals surface area (Å²) in [5.41, 5.74) is 6.80. The normalized spacial score (nSPS) is 11.1. The lowest BCUT2D eigenvalue weighted by molar-refractivity contribution is 0.340. The fourth-order valence-corrected chi connectivity index (χ4v) is 2.54. The second kappa shape index (κ2) is 7.32. The van der Waals surface area contributed by atoms with Crippen LogP contribution in [0.4, 0.5) is 5.69 Å². The van der Waals surface area contributed by atoms with Crippen LogP contribution < -0.4 is 10.2 Å². The molecule has 0 spiro atoms. The van der Waals surface area contributed by atoms with E-state index in [1.165, 1.54) is 0 Å². The quantitative estimate of drug-likeness (QED) is 0.523. The van der Waals surface area contributed by atoms with Crippen molar-refractivity contribution in [2.75, 3.05) is 12.0 Å². The van der Waals surface area contributed by atoms with E-state index >= 15 is 0 Å². The van der Waals surface area contributed by atoms with Crippen LogP contribution in [0.3, 0.4) is 0 Å². The van der Waals surface area contributed by atoms with Crippen molar-refractivity contribution < 1.29 is 4.74 Å². The minimum Gasteiger partial charge on any atom is -0.494 e. The number of hydrogen-bond donors (Lipinski definition) is 1. The van der Waals surface area contributed by atoms with E-state index < -0.39 is 0 Å². The number of rotatable bonds is 5. The number of pyridine rings is 1. The van der Waals surface area contributed by atoms with Crippen LogP contribution in [0.25, 0.3) is 10.9 Å². The number of nitrogens with zero attached hydrogens (tertiary/aromatic N) is 2. The Morgan fingerprint density at radius 3 is 2.71 bits per heavy atom. The molecule has 1 N–H and O–H groups in total. The number of fused-ring (bicyclic) bond motifs is 1. The van der Waals surface area contributed by atoms with Crippen molar-refractivity contribution >= 4 is 34.4 Å². The van der Waals surface area contributed by atoms with Gasteiger partial charge in [-0.25, -0.2) is 0 Å². The minimum atomic E-state index is 0.627. The molecule has 5 heteroatoms. The van der Waals surface area contributed by atoms with Crippen molar-refractivity contribution in [3.05, 3.63) is 64.8 Å². The largest absolute Gasteiger partial charge is 0.494 e. The third-order valence-corrected chi connectivity index (χ3v) is 3.74. The van der Waals surface area contributed by atoms with E-state index in [0.29, 0.717) is 11.6 Å². The van der Waals surface area contributed by atoms with Crippen molar-refractivity contribution in [2.24, 2.45) is 5.10 Å². The minimum absolute atomic E-state index is 0.627. The molecule has 0 fully saturated rings. The lowest BCUT2D eigenvalue weighted by Crippen LogP contribution is -1.96. The first kappa shape index (κ1) is 16.3. The van der Waals surface area contributed by atoms with Crippen molar-refractivity contribution in [1.82, 2.24) is 4.98 Å². The Bertz CT molecular complexity index is 876. The molecule has 0 unspecified atom stereocenters. The van der Waals surface area contributed by atoms with Gasteiger partial charge in [-0.3, -0.25) is 10.4 Å². The molecular formula is C19H18ClN3O. The lowest BCUT2D eigenvalue weighted by Gasteiger charge is -2.09. The van der Waals surface area contributed by atoms with Crippen molar-refractivity contribution in [3.63, 3.8) is 0 Å². The van der Waals surface area contributed by atoms with Crippen LogP contribution in [-0.2, 0) is 0 Å². The molecule has 2 aromatic carbocycles. The average molecular weight is 340 g/mol. The van der Waals surface area contributed by atoms with E-state index in [1.54, 1.807) is 6.21 Å². The Morgan fingerprint density at radius 1 is 1.17 bits per heavy atom. The summed E-state index contributed by atoms with van der Waals surface area (Å²) in [7, 11) is 0. The van der Waals surface area contributed by atoms with E-state index in [2.05, 4.69) is 15.5 Å². The Kier molecular flexibility index (Phi) is 4.96. The molecule has 0 atom stereocenters. The summed E-state index contributed by atoms with van der Waals surface area (Å²) in [5.74, 6) is 0.820. The Labute approximate surface area is 146 Å². The lowest BCUT2D eigenvalue weighted by atomic mass is 10.1. The number of anilines is 1. The van der Waals surface area contributed by atoms with Crippen LogP contribution in [-0.4, -0.2) is 17.8 Å². The monoisotopic (exact) mass is 339 g/mol. The molecule has 1 aromatic heterocycles. The Morgan fingerprint density at radius 2 is 1.96 bits per heavy atom. The summed E-state index contributed by atoms with van der Waals surface area (Å²) in [4.78, 5) is 4.55. The topological polar surface area (TPSA) is 46.5 Å². The zero-order valence-corrected chi connectivity index (χ0v) is 14.3. The molecule has 1 heterocycles. The summed E-state index contributed by atoms with van der Waals surface area (Å²) in [5, 5.41) is 6.00. The standard InChI is InChI=1S/C19H18ClN3O/c1-3-24-16-8-9-18-17(11-16)19(10-13(2)22-18)23-21-12-14-4-6-15(20)7-5-14/h4-12H,3H2,1-2H3,(H,22,23). The van der Waals surface area contributed by atoms with Crippen LogP contribution in [0.5, 0.6) is 5.75 Å². The molecule has 122 valence electrons. The van der Waals surface area contributed by atoms with Crippen molar-refractivity contribution in [1.29, 1.82) is 0 Å². The van der Waals surface area contributed by atoms with Gasteiger partial charge in [0.05, 0.1) is 24.0 Å². The second-order valence-corrected chi connectivity index (χ2v) is 5.78. The third-order valence-electron chi connectivity index (χ3n) is 3.49. The van der Waals surface area contributed by atoms with E-state index in [1.807, 2.05) is 62.4 Å². The number of aromatic nitrogens is 1. The predicted molar refractivity (Wildman–Crippen MR) is 100 cm³/mol. The van der Waals surface area contributed by atoms with Gasteiger partial charge in [0.1, 0.15) is 5.75 Å². The van der Waals surface area contributed by atoms with Gasteiger partial charge in [-0.05, 0) is 55.8 Å². The molecule has 4 nitrogen and oxygen atoms in total. The number of ether oxygens (including phenoxy) is 1. The fourth-order valence-electron chi connectivity index (χ4n) is 2.41. The van der Waals surface area contributed by atoms with Crippen molar-refractivity contribution in [3.8, 4) is 5.75 Å². The summed E-state index contributed by atoms with van der Waals surface area (Å²) in [6, 6.07) is 15.3. The van der Waals surface area contributed by atoms with Gasteiger partial charge in [-0.1, -0.05) is 23.7 Å². The van der Waals surface area contributed by atoms with Gasteiger partial charge in [0, 0.05) is 16.1 Å². The summed E-state index contributed by atoms with van der Waals surface area (Å²) >= 11 is 5.89. The van der Waals surface area contributed by atoms with Gasteiger partial charge in [-0.15, -0.1) is 0 Å². The van der Waals surface area contributed by atoms with Crippen molar-refractivity contribution in [2.45, 2.75) is 13.8 Å². The first-order valence-electron chi connectivity index (χ1n) is 7.74. The summed E-state index contributed by atoms with van der Waals surface area (Å²) in [6.45, 7) is 4.55. The first-order valence-corrected chi connectivity index (χ1v) is 8.12. The highest BCUT2D eigenvalue weighted by molar-refractivity contribution is 6.30. The summed E-state index contributed by atoms with van der Waals surface area (Å²) < 4.78 is 5.58. The Hall–Kier alpha value is -2.59. The third kappa shape index (κ3) is 3.84. The molecule has 3 rings (SSSR count). The average Bonchev–Trinajstić information content (AvgIpc) is 2.57. The zero-order valence-electron chi connectivity index (χ0n) is 13.6. The zero-order chi connectivity index (χ0) is 16.9. The Balaban J connectivity index is 1.89. The highest BCUT2D eigenvalue weighted by atomic mass is 35.5. The molecule has 0 amide bonds. The van der Waals surface area contributed by atoms with Crippen LogP contribution >= 0.6 is 11.6 Å². The molecule has 24 heavy (non-hydrogen) atoms. The maximum absolute atomic E-state index is 5.89. The van der Waals surface area contributed by atoms with Gasteiger partial charge in [0.2, 0.25) is 0 Å². The van der Waals surface area contributed by atoms with Crippen LogP contribution in [0.1, 0.15) is 18.2 Å². The van der Waals surface area contributed by atoms with Crippen LogP contribution in [0.15, 0.2) is 53.6 Å². The summed E-state index contributed by atoms with van der Waals surface area (Å²) in [6.07, 6.45) is 1.75. The first-order chi connectivity index (χ1) is 11.7. The fraction of sp³-hybridized carbons (Fsp3) is 0.158. The van der Waals surface area contributed by atoms with Gasteiger partial charge >= 0.3 is 0 Å². The number of hydrazone groups is 1. The van der Waals surface area contributed by atoms with Gasteiger partial charge in [0.15, 0.2) is 0 Å². The van der Waals surface area contributed by atoms with Crippen LogP contribution in [0.2, 0.25) is 5.02 Å². The maximum atomic E-state index is 5.89. The molecule has 0 bridgehead atoms. The number of benzene rings is 2. The van der Waals surface area contributed by atoms with E-state index in [0.717, 1.165) is 33.6 Å². The molecule has 0 saturated carbocycles. The van der Waals surface area contributed by atoms with Gasteiger partial charge < -0.3 is 4.74 Å².